The number of amidine groups is 1. The van der Waals surface area contributed by atoms with Crippen LogP contribution in [0.3, 0.4) is 0 Å². The topological polar surface area (TPSA) is 53.7 Å². The Labute approximate surface area is 112 Å². The molecule has 1 aromatic rings. The summed E-state index contributed by atoms with van der Waals surface area (Å²) in [5, 5.41) is 0. The number of amides is 2. The first-order valence-electron chi connectivity index (χ1n) is 6.85. The Morgan fingerprint density at radius 2 is 2.21 bits per heavy atom. The van der Waals surface area contributed by atoms with Crippen molar-refractivity contribution in [1.82, 2.24) is 14.5 Å². The van der Waals surface area contributed by atoms with Crippen molar-refractivity contribution in [2.75, 3.05) is 18.0 Å². The minimum Gasteiger partial charge on any atom is -0.329 e. The highest BCUT2D eigenvalue weighted by Gasteiger charge is 2.41. The number of rotatable bonds is 3. The molecule has 6 nitrogen and oxygen atoms in total. The van der Waals surface area contributed by atoms with E-state index < -0.39 is 0 Å². The zero-order chi connectivity index (χ0) is 13.6. The zero-order valence-corrected chi connectivity index (χ0v) is 11.6. The van der Waals surface area contributed by atoms with Gasteiger partial charge in [0.25, 0.3) is 0 Å². The molecule has 1 unspecified atom stereocenters. The molecule has 6 heteroatoms. The van der Waals surface area contributed by atoms with Crippen LogP contribution in [0.5, 0.6) is 0 Å². The third-order valence-electron chi connectivity index (χ3n) is 3.72. The number of urea groups is 1. The lowest BCUT2D eigenvalue weighted by molar-refractivity contribution is 0.226. The van der Waals surface area contributed by atoms with Crippen LogP contribution in [0, 0.1) is 0 Å². The fraction of sp³-hybridized carbons (Fsp3) is 0.615. The van der Waals surface area contributed by atoms with E-state index in [1.807, 2.05) is 11.6 Å². The van der Waals surface area contributed by atoms with Crippen molar-refractivity contribution in [1.29, 1.82) is 0 Å². The molecule has 2 aliphatic heterocycles. The van der Waals surface area contributed by atoms with Crippen LogP contribution in [0.1, 0.15) is 32.4 Å². The van der Waals surface area contributed by atoms with E-state index in [-0.39, 0.29) is 12.1 Å². The molecule has 2 aliphatic rings. The predicted molar refractivity (Wildman–Crippen MR) is 73.6 cm³/mol. The second-order valence-electron chi connectivity index (χ2n) is 5.09. The van der Waals surface area contributed by atoms with Gasteiger partial charge in [-0.25, -0.2) is 9.78 Å². The van der Waals surface area contributed by atoms with Gasteiger partial charge in [0.15, 0.2) is 11.7 Å². The average Bonchev–Trinajstić information content (AvgIpc) is 2.98. The molecule has 0 saturated carbocycles. The summed E-state index contributed by atoms with van der Waals surface area (Å²) in [7, 11) is 1.95. The first-order chi connectivity index (χ1) is 9.17. The molecule has 0 aromatic carbocycles. The molecule has 0 saturated heterocycles. The molecule has 1 atom stereocenters. The van der Waals surface area contributed by atoms with Gasteiger partial charge in [0.1, 0.15) is 5.69 Å². The van der Waals surface area contributed by atoms with Gasteiger partial charge in [-0.05, 0) is 12.8 Å². The van der Waals surface area contributed by atoms with Crippen molar-refractivity contribution >= 4 is 17.7 Å². The van der Waals surface area contributed by atoms with Crippen LogP contribution >= 0.6 is 0 Å². The second-order valence-corrected chi connectivity index (χ2v) is 5.09. The molecular formula is C13H19N5O. The quantitative estimate of drug-likeness (QED) is 0.830. The minimum atomic E-state index is 0.0164. The number of carbonyl (C=O) groups is 1. The van der Waals surface area contributed by atoms with Crippen LogP contribution < -0.4 is 4.90 Å². The van der Waals surface area contributed by atoms with Crippen LogP contribution in [-0.4, -0.2) is 45.4 Å². The van der Waals surface area contributed by atoms with Gasteiger partial charge < -0.3 is 4.57 Å². The van der Waals surface area contributed by atoms with Crippen LogP contribution in [0.15, 0.2) is 11.3 Å². The summed E-state index contributed by atoms with van der Waals surface area (Å²) in [5.41, 5.74) is 0.962. The molecule has 1 aromatic heterocycles. The second kappa shape index (κ2) is 4.36. The molecule has 0 spiro atoms. The Kier molecular flexibility index (Phi) is 2.80. The van der Waals surface area contributed by atoms with E-state index in [1.165, 1.54) is 0 Å². The number of aryl methyl sites for hydroxylation is 1. The smallest absolute Gasteiger partial charge is 0.329 e. The molecule has 0 fully saturated rings. The van der Waals surface area contributed by atoms with Gasteiger partial charge >= 0.3 is 6.03 Å². The highest BCUT2D eigenvalue weighted by atomic mass is 16.2. The van der Waals surface area contributed by atoms with Crippen molar-refractivity contribution in [3.05, 3.63) is 12.0 Å². The van der Waals surface area contributed by atoms with Crippen LogP contribution in [0.2, 0.25) is 0 Å². The van der Waals surface area contributed by atoms with Gasteiger partial charge in [-0.15, -0.1) is 0 Å². The SMILES string of the molecule is CCCN1C(=O)N2CC(CC)N=C2c2c1ncn2C. The number of hydrogen-bond acceptors (Lipinski definition) is 3. The lowest BCUT2D eigenvalue weighted by Crippen LogP contribution is -2.51. The van der Waals surface area contributed by atoms with Crippen molar-refractivity contribution in [2.24, 2.45) is 12.0 Å². The van der Waals surface area contributed by atoms with Gasteiger partial charge in [0, 0.05) is 13.6 Å². The predicted octanol–water partition coefficient (Wildman–Crippen LogP) is 1.61. The van der Waals surface area contributed by atoms with Gasteiger partial charge in [-0.3, -0.25) is 14.8 Å². The van der Waals surface area contributed by atoms with Crippen molar-refractivity contribution in [3.8, 4) is 0 Å². The van der Waals surface area contributed by atoms with Crippen LogP contribution in [0.25, 0.3) is 0 Å². The summed E-state index contributed by atoms with van der Waals surface area (Å²) in [6, 6.07) is 0.228. The fourth-order valence-electron chi connectivity index (χ4n) is 2.69. The van der Waals surface area contributed by atoms with Crippen LogP contribution in [0.4, 0.5) is 10.6 Å². The number of nitrogens with zero attached hydrogens (tertiary/aromatic N) is 5. The molecule has 19 heavy (non-hydrogen) atoms. The van der Waals surface area contributed by atoms with Gasteiger partial charge in [-0.1, -0.05) is 13.8 Å². The van der Waals surface area contributed by atoms with E-state index in [9.17, 15) is 4.79 Å². The van der Waals surface area contributed by atoms with E-state index in [1.54, 1.807) is 16.1 Å². The molecule has 3 rings (SSSR count). The molecular weight excluding hydrogens is 242 g/mol. The van der Waals surface area contributed by atoms with E-state index in [0.717, 1.165) is 30.2 Å². The van der Waals surface area contributed by atoms with Gasteiger partial charge in [0.2, 0.25) is 0 Å². The molecule has 0 bridgehead atoms. The highest BCUT2D eigenvalue weighted by molar-refractivity contribution is 6.18. The number of aromatic nitrogens is 2. The lowest BCUT2D eigenvalue weighted by Gasteiger charge is -2.32. The van der Waals surface area contributed by atoms with E-state index >= 15 is 0 Å². The van der Waals surface area contributed by atoms with Crippen LogP contribution in [-0.2, 0) is 7.05 Å². The summed E-state index contributed by atoms with van der Waals surface area (Å²) in [5.74, 6) is 1.54. The number of carbonyl (C=O) groups excluding carboxylic acids is 1. The Bertz CT molecular complexity index is 547. The Morgan fingerprint density at radius 1 is 1.42 bits per heavy atom. The average molecular weight is 261 g/mol. The monoisotopic (exact) mass is 261 g/mol. The number of aliphatic imine (C=N–C) groups is 1. The first-order valence-corrected chi connectivity index (χ1v) is 6.85. The number of imidazole rings is 1. The highest BCUT2D eigenvalue weighted by Crippen LogP contribution is 2.31. The molecule has 0 N–H and O–H groups in total. The van der Waals surface area contributed by atoms with Crippen molar-refractivity contribution in [3.63, 3.8) is 0 Å². The number of fused-ring (bicyclic) bond motifs is 3. The maximum atomic E-state index is 12.6. The first kappa shape index (κ1) is 12.2. The third kappa shape index (κ3) is 1.66. The minimum absolute atomic E-state index is 0.0164. The fourth-order valence-corrected chi connectivity index (χ4v) is 2.69. The van der Waals surface area contributed by atoms with E-state index in [0.29, 0.717) is 13.1 Å². The molecule has 102 valence electrons. The number of anilines is 1. The standard InChI is InChI=1S/C13H19N5O/c1-4-6-17-11-10(16(3)8-14-11)12-15-9(5-2)7-18(12)13(17)19/h8-9H,4-7H2,1-3H3. The third-order valence-corrected chi connectivity index (χ3v) is 3.72. The van der Waals surface area contributed by atoms with E-state index in [4.69, 9.17) is 0 Å². The summed E-state index contributed by atoms with van der Waals surface area (Å²) < 4.78 is 1.95. The van der Waals surface area contributed by atoms with Crippen molar-refractivity contribution in [2.45, 2.75) is 32.7 Å². The lowest BCUT2D eigenvalue weighted by atomic mass is 10.2. The Balaban J connectivity index is 2.10. The summed E-state index contributed by atoms with van der Waals surface area (Å²) in [6.07, 6.45) is 3.62. The molecule has 3 heterocycles. The summed E-state index contributed by atoms with van der Waals surface area (Å²) in [4.78, 5) is 25.2. The molecule has 0 aliphatic carbocycles. The van der Waals surface area contributed by atoms with Crippen molar-refractivity contribution < 1.29 is 4.79 Å². The zero-order valence-electron chi connectivity index (χ0n) is 11.6. The summed E-state index contributed by atoms with van der Waals surface area (Å²) >= 11 is 0. The van der Waals surface area contributed by atoms with Gasteiger partial charge in [0.05, 0.1) is 18.9 Å². The maximum Gasteiger partial charge on any atom is 0.331 e. The molecule has 0 radical (unpaired) electrons. The van der Waals surface area contributed by atoms with Gasteiger partial charge in [-0.2, -0.15) is 0 Å². The number of hydrogen-bond donors (Lipinski definition) is 0. The largest absolute Gasteiger partial charge is 0.331 e. The summed E-state index contributed by atoms with van der Waals surface area (Å²) in [6.45, 7) is 5.56. The molecule has 2 amide bonds. The Hall–Kier alpha value is -1.85. The Morgan fingerprint density at radius 3 is 2.89 bits per heavy atom. The van der Waals surface area contributed by atoms with E-state index in [2.05, 4.69) is 23.8 Å². The maximum absolute atomic E-state index is 12.6. The normalized spacial score (nSPS) is 21.5.